The van der Waals surface area contributed by atoms with Gasteiger partial charge in [0.2, 0.25) is 0 Å². The average molecular weight is 225 g/mol. The van der Waals surface area contributed by atoms with Crippen molar-refractivity contribution in [2.24, 2.45) is 0 Å². The summed E-state index contributed by atoms with van der Waals surface area (Å²) in [5.74, 6) is -0.225. The van der Waals surface area contributed by atoms with Gasteiger partial charge in [0, 0.05) is 24.2 Å². The topological polar surface area (TPSA) is 29.5 Å². The summed E-state index contributed by atoms with van der Waals surface area (Å²) in [5.41, 5.74) is 0.701. The van der Waals surface area contributed by atoms with Crippen LogP contribution in [0.15, 0.2) is 11.6 Å². The number of piperidine rings is 1. The largest absolute Gasteiger partial charge is 0.466 e. The highest BCUT2D eigenvalue weighted by molar-refractivity contribution is 5.87. The Hall–Kier alpha value is -0.830. The van der Waals surface area contributed by atoms with Gasteiger partial charge in [-0.3, -0.25) is 4.90 Å². The summed E-state index contributed by atoms with van der Waals surface area (Å²) in [7, 11) is 1.42. The first-order valence-corrected chi connectivity index (χ1v) is 6.07. The number of carbonyl (C=O) groups excluding carboxylic acids is 1. The van der Waals surface area contributed by atoms with Crippen molar-refractivity contribution in [2.45, 2.75) is 52.1 Å². The van der Waals surface area contributed by atoms with Crippen LogP contribution in [0.1, 0.15) is 40.0 Å². The fourth-order valence-electron chi connectivity index (χ4n) is 2.32. The molecule has 0 aromatic rings. The van der Waals surface area contributed by atoms with Crippen LogP contribution in [0.5, 0.6) is 0 Å². The molecule has 0 N–H and O–H groups in total. The van der Waals surface area contributed by atoms with Gasteiger partial charge in [-0.15, -0.1) is 0 Å². The van der Waals surface area contributed by atoms with Gasteiger partial charge >= 0.3 is 5.97 Å². The molecule has 0 aromatic heterocycles. The fraction of sp³-hybridized carbons (Fsp3) is 0.769. The van der Waals surface area contributed by atoms with Crippen molar-refractivity contribution in [3.05, 3.63) is 11.6 Å². The minimum Gasteiger partial charge on any atom is -0.466 e. The number of rotatable bonds is 3. The molecule has 0 radical (unpaired) electrons. The number of carbonyl (C=O) groups is 1. The molecule has 1 aliphatic rings. The van der Waals surface area contributed by atoms with Crippen molar-refractivity contribution in [3.8, 4) is 0 Å². The van der Waals surface area contributed by atoms with Gasteiger partial charge in [-0.05, 0) is 33.6 Å². The molecule has 16 heavy (non-hydrogen) atoms. The van der Waals surface area contributed by atoms with Crippen LogP contribution in [0.3, 0.4) is 0 Å². The summed E-state index contributed by atoms with van der Waals surface area (Å²) < 4.78 is 4.68. The summed E-state index contributed by atoms with van der Waals surface area (Å²) in [4.78, 5) is 13.7. The van der Waals surface area contributed by atoms with Gasteiger partial charge in [0.15, 0.2) is 0 Å². The second kappa shape index (κ2) is 6.04. The van der Waals surface area contributed by atoms with Crippen molar-refractivity contribution in [3.63, 3.8) is 0 Å². The molecule has 0 saturated carbocycles. The SMILES string of the molecule is COC(=O)C(C)=CCN1[C@H](C)CCC[C@@H]1C. The van der Waals surface area contributed by atoms with Crippen LogP contribution in [-0.4, -0.2) is 36.6 Å². The van der Waals surface area contributed by atoms with Crippen molar-refractivity contribution in [1.82, 2.24) is 4.90 Å². The molecular formula is C13H23NO2. The third kappa shape index (κ3) is 3.34. The molecule has 1 heterocycles. The maximum atomic E-state index is 11.2. The van der Waals surface area contributed by atoms with Crippen LogP contribution in [-0.2, 0) is 9.53 Å². The van der Waals surface area contributed by atoms with Gasteiger partial charge in [0.25, 0.3) is 0 Å². The lowest BCUT2D eigenvalue weighted by atomic mass is 9.97. The van der Waals surface area contributed by atoms with E-state index in [0.29, 0.717) is 17.7 Å². The first-order chi connectivity index (χ1) is 7.56. The van der Waals surface area contributed by atoms with Crippen LogP contribution in [0.4, 0.5) is 0 Å². The standard InChI is InChI=1S/C13H23NO2/c1-10(13(15)16-4)8-9-14-11(2)6-5-7-12(14)3/h8,11-12H,5-7,9H2,1-4H3/t11-,12+. The van der Waals surface area contributed by atoms with Crippen LogP contribution < -0.4 is 0 Å². The number of nitrogens with zero attached hydrogens (tertiary/aromatic N) is 1. The molecule has 3 nitrogen and oxygen atoms in total. The predicted molar refractivity (Wildman–Crippen MR) is 65.3 cm³/mol. The van der Waals surface area contributed by atoms with E-state index in [1.54, 1.807) is 0 Å². The van der Waals surface area contributed by atoms with E-state index in [-0.39, 0.29) is 5.97 Å². The summed E-state index contributed by atoms with van der Waals surface area (Å²) in [6, 6.07) is 1.23. The lowest BCUT2D eigenvalue weighted by molar-refractivity contribution is -0.136. The molecule has 0 bridgehead atoms. The third-order valence-corrected chi connectivity index (χ3v) is 3.49. The zero-order chi connectivity index (χ0) is 12.1. The minimum absolute atomic E-state index is 0.225. The van der Waals surface area contributed by atoms with E-state index in [0.717, 1.165) is 6.54 Å². The Balaban J connectivity index is 2.55. The zero-order valence-corrected chi connectivity index (χ0v) is 10.8. The Labute approximate surface area is 98.5 Å². The van der Waals surface area contributed by atoms with E-state index in [2.05, 4.69) is 23.5 Å². The summed E-state index contributed by atoms with van der Waals surface area (Å²) >= 11 is 0. The van der Waals surface area contributed by atoms with Gasteiger partial charge in [0.1, 0.15) is 0 Å². The average Bonchev–Trinajstić information content (AvgIpc) is 2.27. The number of methoxy groups -OCH3 is 1. The number of esters is 1. The lowest BCUT2D eigenvalue weighted by Gasteiger charge is -2.38. The van der Waals surface area contributed by atoms with Crippen molar-refractivity contribution >= 4 is 5.97 Å². The Bertz CT molecular complexity index is 263. The Morgan fingerprint density at radius 3 is 2.44 bits per heavy atom. The quantitative estimate of drug-likeness (QED) is 0.545. The Morgan fingerprint density at radius 2 is 1.94 bits per heavy atom. The first kappa shape index (κ1) is 13.2. The van der Waals surface area contributed by atoms with Gasteiger partial charge in [-0.1, -0.05) is 12.5 Å². The molecule has 92 valence electrons. The van der Waals surface area contributed by atoms with E-state index in [1.165, 1.54) is 26.4 Å². The molecular weight excluding hydrogens is 202 g/mol. The molecule has 2 atom stereocenters. The highest BCUT2D eigenvalue weighted by Gasteiger charge is 2.23. The minimum atomic E-state index is -0.225. The Kier molecular flexibility index (Phi) is 5.00. The monoisotopic (exact) mass is 225 g/mol. The smallest absolute Gasteiger partial charge is 0.333 e. The van der Waals surface area contributed by atoms with Crippen molar-refractivity contribution < 1.29 is 9.53 Å². The van der Waals surface area contributed by atoms with Crippen LogP contribution in [0.25, 0.3) is 0 Å². The number of hydrogen-bond acceptors (Lipinski definition) is 3. The summed E-state index contributed by atoms with van der Waals surface area (Å²) in [6.07, 6.45) is 5.81. The molecule has 1 saturated heterocycles. The fourth-order valence-corrected chi connectivity index (χ4v) is 2.32. The van der Waals surface area contributed by atoms with E-state index >= 15 is 0 Å². The normalized spacial score (nSPS) is 27.9. The number of hydrogen-bond donors (Lipinski definition) is 0. The second-order valence-corrected chi connectivity index (χ2v) is 4.70. The lowest BCUT2D eigenvalue weighted by Crippen LogP contribution is -2.43. The van der Waals surface area contributed by atoms with Gasteiger partial charge in [0.05, 0.1) is 7.11 Å². The molecule has 3 heteroatoms. The van der Waals surface area contributed by atoms with E-state index in [9.17, 15) is 4.79 Å². The highest BCUT2D eigenvalue weighted by Crippen LogP contribution is 2.22. The molecule has 1 rings (SSSR count). The van der Waals surface area contributed by atoms with Gasteiger partial charge < -0.3 is 4.74 Å². The maximum Gasteiger partial charge on any atom is 0.333 e. The number of likely N-dealkylation sites (tertiary alicyclic amines) is 1. The van der Waals surface area contributed by atoms with Crippen LogP contribution >= 0.6 is 0 Å². The molecule has 0 aromatic carbocycles. The third-order valence-electron chi connectivity index (χ3n) is 3.49. The molecule has 0 amide bonds. The molecule has 0 unspecified atom stereocenters. The van der Waals surface area contributed by atoms with Crippen LogP contribution in [0.2, 0.25) is 0 Å². The van der Waals surface area contributed by atoms with E-state index in [1.807, 2.05) is 13.0 Å². The maximum absolute atomic E-state index is 11.2. The second-order valence-electron chi connectivity index (χ2n) is 4.70. The van der Waals surface area contributed by atoms with Crippen LogP contribution in [0, 0.1) is 0 Å². The van der Waals surface area contributed by atoms with E-state index < -0.39 is 0 Å². The Morgan fingerprint density at radius 1 is 1.38 bits per heavy atom. The van der Waals surface area contributed by atoms with Gasteiger partial charge in [-0.2, -0.15) is 0 Å². The zero-order valence-electron chi connectivity index (χ0n) is 10.8. The van der Waals surface area contributed by atoms with Crippen molar-refractivity contribution in [1.29, 1.82) is 0 Å². The van der Waals surface area contributed by atoms with Crippen molar-refractivity contribution in [2.75, 3.05) is 13.7 Å². The predicted octanol–water partition coefficient (Wildman–Crippen LogP) is 2.37. The first-order valence-electron chi connectivity index (χ1n) is 6.07. The number of ether oxygens (including phenoxy) is 1. The summed E-state index contributed by atoms with van der Waals surface area (Å²) in [6.45, 7) is 7.18. The molecule has 1 aliphatic heterocycles. The molecule has 1 fully saturated rings. The molecule has 0 spiro atoms. The van der Waals surface area contributed by atoms with E-state index in [4.69, 9.17) is 0 Å². The highest BCUT2D eigenvalue weighted by atomic mass is 16.5. The molecule has 0 aliphatic carbocycles. The van der Waals surface area contributed by atoms with Gasteiger partial charge in [-0.25, -0.2) is 4.79 Å². The summed E-state index contributed by atoms with van der Waals surface area (Å²) in [5, 5.41) is 0.